The Hall–Kier alpha value is -1.84. The molecule has 94 valence electrons. The average Bonchev–Trinajstić information content (AvgIpc) is 2.69. The number of fused-ring (bicyclic) bond motifs is 3. The van der Waals surface area contributed by atoms with E-state index in [1.165, 1.54) is 12.1 Å². The van der Waals surface area contributed by atoms with Gasteiger partial charge in [-0.2, -0.15) is 0 Å². The Kier molecular flexibility index (Phi) is 2.24. The van der Waals surface area contributed by atoms with Gasteiger partial charge in [-0.1, -0.05) is 0 Å². The second kappa shape index (κ2) is 3.57. The first-order valence-corrected chi connectivity index (χ1v) is 6.06. The molecule has 1 aliphatic carbocycles. The summed E-state index contributed by atoms with van der Waals surface area (Å²) in [6, 6.07) is 4.55. The van der Waals surface area contributed by atoms with Gasteiger partial charge in [0.1, 0.15) is 11.2 Å². The van der Waals surface area contributed by atoms with Crippen LogP contribution >= 0.6 is 0 Å². The van der Waals surface area contributed by atoms with E-state index in [0.29, 0.717) is 6.42 Å². The lowest BCUT2D eigenvalue weighted by atomic mass is 9.75. The molecule has 1 unspecified atom stereocenters. The number of carbonyl (C=O) groups is 1. The monoisotopic (exact) mass is 247 g/mol. The zero-order chi connectivity index (χ0) is 12.9. The van der Waals surface area contributed by atoms with E-state index >= 15 is 0 Å². The molecule has 1 heterocycles. The molecule has 2 aromatic rings. The molecule has 0 fully saturated rings. The van der Waals surface area contributed by atoms with Gasteiger partial charge >= 0.3 is 5.97 Å². The molecular weight excluding hydrogens is 233 g/mol. The Bertz CT molecular complexity index is 647. The first-order valence-electron chi connectivity index (χ1n) is 6.06. The van der Waals surface area contributed by atoms with E-state index in [4.69, 9.17) is 0 Å². The van der Waals surface area contributed by atoms with E-state index in [1.807, 2.05) is 0 Å². The molecule has 0 amide bonds. The van der Waals surface area contributed by atoms with Crippen molar-refractivity contribution in [3.63, 3.8) is 0 Å². The number of nitrogens with one attached hydrogen (secondary N) is 1. The number of aliphatic carboxylic acids is 1. The molecule has 1 aliphatic rings. The number of H-pyrrole nitrogens is 1. The van der Waals surface area contributed by atoms with Crippen LogP contribution in [0.2, 0.25) is 0 Å². The molecule has 2 N–H and O–H groups in total. The quantitative estimate of drug-likeness (QED) is 0.814. The molecule has 0 aliphatic heterocycles. The highest BCUT2D eigenvalue weighted by molar-refractivity contribution is 5.90. The summed E-state index contributed by atoms with van der Waals surface area (Å²) in [5, 5.41) is 10.2. The fourth-order valence-electron chi connectivity index (χ4n) is 2.91. The largest absolute Gasteiger partial charge is 0.481 e. The number of aryl methyl sites for hydroxylation is 1. The number of carboxylic acids is 1. The van der Waals surface area contributed by atoms with Gasteiger partial charge in [-0.05, 0) is 49.9 Å². The number of aromatic nitrogens is 1. The van der Waals surface area contributed by atoms with Gasteiger partial charge < -0.3 is 10.1 Å². The molecule has 0 bridgehead atoms. The van der Waals surface area contributed by atoms with Crippen LogP contribution in [0.3, 0.4) is 0 Å². The van der Waals surface area contributed by atoms with Gasteiger partial charge in [0.2, 0.25) is 0 Å². The molecule has 3 nitrogen and oxygen atoms in total. The third-order valence-electron chi connectivity index (χ3n) is 4.00. The standard InChI is InChI=1S/C14H14FNO2/c1-14(13(17)18)6-2-3-9-10-7-8(15)4-5-11(10)16-12(9)14/h4-5,7,16H,2-3,6H2,1H3,(H,17,18). The summed E-state index contributed by atoms with van der Waals surface area (Å²) in [6.07, 6.45) is 2.24. The Morgan fingerprint density at radius 2 is 2.28 bits per heavy atom. The smallest absolute Gasteiger partial charge is 0.315 e. The first kappa shape index (κ1) is 11.3. The summed E-state index contributed by atoms with van der Waals surface area (Å²) in [5.74, 6) is -1.11. The van der Waals surface area contributed by atoms with Gasteiger partial charge in [-0.25, -0.2) is 4.39 Å². The van der Waals surface area contributed by atoms with Crippen molar-refractivity contribution in [2.45, 2.75) is 31.6 Å². The minimum atomic E-state index is -0.886. The van der Waals surface area contributed by atoms with Crippen LogP contribution < -0.4 is 0 Å². The van der Waals surface area contributed by atoms with Gasteiger partial charge in [0.05, 0.1) is 0 Å². The zero-order valence-electron chi connectivity index (χ0n) is 10.1. The van der Waals surface area contributed by atoms with Crippen molar-refractivity contribution in [1.29, 1.82) is 0 Å². The Morgan fingerprint density at radius 1 is 1.50 bits per heavy atom. The van der Waals surface area contributed by atoms with Crippen LogP contribution in [0.5, 0.6) is 0 Å². The van der Waals surface area contributed by atoms with E-state index in [-0.39, 0.29) is 5.82 Å². The van der Waals surface area contributed by atoms with Crippen molar-refractivity contribution < 1.29 is 14.3 Å². The van der Waals surface area contributed by atoms with E-state index in [2.05, 4.69) is 4.98 Å². The highest BCUT2D eigenvalue weighted by Gasteiger charge is 2.41. The molecular formula is C14H14FNO2. The Morgan fingerprint density at radius 3 is 3.00 bits per heavy atom. The highest BCUT2D eigenvalue weighted by atomic mass is 19.1. The van der Waals surface area contributed by atoms with Crippen molar-refractivity contribution in [1.82, 2.24) is 4.98 Å². The van der Waals surface area contributed by atoms with Crippen LogP contribution in [-0.4, -0.2) is 16.1 Å². The molecule has 18 heavy (non-hydrogen) atoms. The summed E-state index contributed by atoms with van der Waals surface area (Å²) < 4.78 is 13.3. The number of aromatic amines is 1. The van der Waals surface area contributed by atoms with E-state index < -0.39 is 11.4 Å². The van der Waals surface area contributed by atoms with E-state index in [0.717, 1.165) is 35.0 Å². The molecule has 1 aromatic carbocycles. The molecule has 1 aromatic heterocycles. The van der Waals surface area contributed by atoms with Crippen LogP contribution in [0.4, 0.5) is 4.39 Å². The van der Waals surface area contributed by atoms with Gasteiger partial charge in [0.15, 0.2) is 0 Å². The van der Waals surface area contributed by atoms with Crippen LogP contribution in [-0.2, 0) is 16.6 Å². The van der Waals surface area contributed by atoms with Gasteiger partial charge in [-0.15, -0.1) is 0 Å². The average molecular weight is 247 g/mol. The molecule has 4 heteroatoms. The van der Waals surface area contributed by atoms with Crippen molar-refractivity contribution in [2.24, 2.45) is 0 Å². The summed E-state index contributed by atoms with van der Waals surface area (Å²) >= 11 is 0. The maximum Gasteiger partial charge on any atom is 0.315 e. The lowest BCUT2D eigenvalue weighted by Crippen LogP contribution is -2.36. The predicted octanol–water partition coefficient (Wildman–Crippen LogP) is 2.99. The van der Waals surface area contributed by atoms with Crippen molar-refractivity contribution in [3.8, 4) is 0 Å². The fourth-order valence-corrected chi connectivity index (χ4v) is 2.91. The molecule has 3 rings (SSSR count). The molecule has 1 atom stereocenters. The van der Waals surface area contributed by atoms with Crippen LogP contribution in [0.25, 0.3) is 10.9 Å². The third kappa shape index (κ3) is 1.38. The van der Waals surface area contributed by atoms with Gasteiger partial charge in [-0.3, -0.25) is 4.79 Å². The lowest BCUT2D eigenvalue weighted by molar-refractivity contribution is -0.143. The van der Waals surface area contributed by atoms with Crippen LogP contribution in [0, 0.1) is 5.82 Å². The second-order valence-corrected chi connectivity index (χ2v) is 5.16. The molecule has 0 saturated heterocycles. The third-order valence-corrected chi connectivity index (χ3v) is 4.00. The maximum absolute atomic E-state index is 13.3. The summed E-state index contributed by atoms with van der Waals surface area (Å²) in [7, 11) is 0. The molecule has 0 spiro atoms. The van der Waals surface area contributed by atoms with E-state index in [9.17, 15) is 14.3 Å². The number of rotatable bonds is 1. The number of hydrogen-bond acceptors (Lipinski definition) is 1. The van der Waals surface area contributed by atoms with Crippen molar-refractivity contribution in [3.05, 3.63) is 35.3 Å². The number of hydrogen-bond donors (Lipinski definition) is 2. The summed E-state index contributed by atoms with van der Waals surface area (Å²) in [4.78, 5) is 14.7. The Labute approximate surface area is 104 Å². The first-order chi connectivity index (χ1) is 8.52. The maximum atomic E-state index is 13.3. The topological polar surface area (TPSA) is 53.1 Å². The van der Waals surface area contributed by atoms with Crippen LogP contribution in [0.1, 0.15) is 31.0 Å². The Balaban J connectivity index is 2.31. The van der Waals surface area contributed by atoms with Crippen LogP contribution in [0.15, 0.2) is 18.2 Å². The number of halogens is 1. The van der Waals surface area contributed by atoms with Gasteiger partial charge in [0.25, 0.3) is 0 Å². The molecule has 0 radical (unpaired) electrons. The number of carboxylic acid groups (broad SMARTS) is 1. The van der Waals surface area contributed by atoms with Gasteiger partial charge in [0, 0.05) is 16.6 Å². The fraction of sp³-hybridized carbons (Fsp3) is 0.357. The normalized spacial score (nSPS) is 23.0. The summed E-state index contributed by atoms with van der Waals surface area (Å²) in [5.41, 5.74) is 1.63. The van der Waals surface area contributed by atoms with E-state index in [1.54, 1.807) is 13.0 Å². The predicted molar refractivity (Wildman–Crippen MR) is 66.2 cm³/mol. The van der Waals surface area contributed by atoms with Crippen molar-refractivity contribution >= 4 is 16.9 Å². The zero-order valence-corrected chi connectivity index (χ0v) is 10.1. The molecule has 0 saturated carbocycles. The van der Waals surface area contributed by atoms with Crippen molar-refractivity contribution in [2.75, 3.05) is 0 Å². The minimum Gasteiger partial charge on any atom is -0.481 e. The summed E-state index contributed by atoms with van der Waals surface area (Å²) in [6.45, 7) is 1.74. The second-order valence-electron chi connectivity index (χ2n) is 5.16. The highest BCUT2D eigenvalue weighted by Crippen LogP contribution is 2.40. The SMILES string of the molecule is CC1(C(=O)O)CCCc2c1[nH]c1ccc(F)cc21. The lowest BCUT2D eigenvalue weighted by Gasteiger charge is -2.29. The number of benzene rings is 1. The minimum absolute atomic E-state index is 0.285.